The summed E-state index contributed by atoms with van der Waals surface area (Å²) in [6.45, 7) is 4.19. The van der Waals surface area contributed by atoms with E-state index in [4.69, 9.17) is 11.6 Å². The predicted molar refractivity (Wildman–Crippen MR) is 100 cm³/mol. The van der Waals surface area contributed by atoms with Gasteiger partial charge >= 0.3 is 6.03 Å². The van der Waals surface area contributed by atoms with Crippen LogP contribution in [0.1, 0.15) is 17.0 Å². The second-order valence-corrected chi connectivity index (χ2v) is 6.24. The minimum atomic E-state index is -0.530. The van der Waals surface area contributed by atoms with Gasteiger partial charge in [-0.05, 0) is 44.2 Å². The van der Waals surface area contributed by atoms with Gasteiger partial charge in [-0.15, -0.1) is 0 Å². The van der Waals surface area contributed by atoms with Crippen LogP contribution in [-0.2, 0) is 6.54 Å². The number of para-hydroxylation sites is 1. The number of anilines is 1. The number of urea groups is 1. The summed E-state index contributed by atoms with van der Waals surface area (Å²) in [4.78, 5) is 12.1. The predicted octanol–water partition coefficient (Wildman–Crippen LogP) is 4.60. The molecule has 134 valence electrons. The maximum absolute atomic E-state index is 13.2. The number of aromatic nitrogens is 2. The number of nitrogens with one attached hydrogen (secondary N) is 2. The largest absolute Gasteiger partial charge is 0.334 e. The third-order valence-corrected chi connectivity index (χ3v) is 4.33. The van der Waals surface area contributed by atoms with Gasteiger partial charge in [-0.25, -0.2) is 13.9 Å². The number of hydrogen-bond donors (Lipinski definition) is 2. The van der Waals surface area contributed by atoms with Crippen molar-refractivity contribution in [2.24, 2.45) is 0 Å². The summed E-state index contributed by atoms with van der Waals surface area (Å²) < 4.78 is 15.0. The number of amides is 2. The zero-order valence-electron chi connectivity index (χ0n) is 14.4. The van der Waals surface area contributed by atoms with Crippen LogP contribution in [0.2, 0.25) is 5.02 Å². The Morgan fingerprint density at radius 2 is 1.92 bits per heavy atom. The Kier molecular flexibility index (Phi) is 5.23. The molecule has 0 unspecified atom stereocenters. The van der Waals surface area contributed by atoms with Gasteiger partial charge in [0.2, 0.25) is 0 Å². The van der Waals surface area contributed by atoms with Crippen LogP contribution in [0.5, 0.6) is 0 Å². The minimum absolute atomic E-state index is 0.0429. The average Bonchev–Trinajstić information content (AvgIpc) is 2.91. The third kappa shape index (κ3) is 3.86. The zero-order chi connectivity index (χ0) is 18.7. The Morgan fingerprint density at radius 1 is 1.19 bits per heavy atom. The van der Waals surface area contributed by atoms with E-state index in [-0.39, 0.29) is 5.02 Å². The zero-order valence-corrected chi connectivity index (χ0v) is 15.1. The van der Waals surface area contributed by atoms with E-state index in [1.54, 1.807) is 0 Å². The second kappa shape index (κ2) is 7.58. The van der Waals surface area contributed by atoms with E-state index in [9.17, 15) is 9.18 Å². The van der Waals surface area contributed by atoms with Gasteiger partial charge in [-0.2, -0.15) is 5.10 Å². The van der Waals surface area contributed by atoms with Crippen LogP contribution in [0.4, 0.5) is 14.9 Å². The maximum atomic E-state index is 13.2. The molecule has 2 N–H and O–H groups in total. The molecule has 2 amide bonds. The first-order valence-corrected chi connectivity index (χ1v) is 8.44. The lowest BCUT2D eigenvalue weighted by atomic mass is 10.2. The van der Waals surface area contributed by atoms with Crippen molar-refractivity contribution in [3.05, 3.63) is 76.3 Å². The van der Waals surface area contributed by atoms with Crippen molar-refractivity contribution in [3.8, 4) is 5.69 Å². The highest BCUT2D eigenvalue weighted by atomic mass is 35.5. The molecule has 0 spiro atoms. The Hall–Kier alpha value is -2.86. The van der Waals surface area contributed by atoms with Crippen LogP contribution in [-0.4, -0.2) is 15.8 Å². The van der Waals surface area contributed by atoms with Crippen molar-refractivity contribution < 1.29 is 9.18 Å². The molecule has 0 saturated carbocycles. The lowest BCUT2D eigenvalue weighted by Gasteiger charge is -2.09. The van der Waals surface area contributed by atoms with Gasteiger partial charge in [0.05, 0.1) is 16.4 Å². The van der Waals surface area contributed by atoms with Crippen LogP contribution in [0.3, 0.4) is 0 Å². The second-order valence-electron chi connectivity index (χ2n) is 5.83. The lowest BCUT2D eigenvalue weighted by molar-refractivity contribution is 0.251. The molecule has 7 heteroatoms. The standard InChI is InChI=1S/C19H18ClFN4O/c1-12-16(13(2)25(24-12)15-6-4-3-5-7-15)11-22-19(26)23-14-8-9-18(21)17(20)10-14/h3-10H,11H2,1-2H3,(H2,22,23,26). The van der Waals surface area contributed by atoms with Crippen molar-refractivity contribution >= 4 is 23.3 Å². The molecule has 0 radical (unpaired) electrons. The van der Waals surface area contributed by atoms with Crippen molar-refractivity contribution in [3.63, 3.8) is 0 Å². The molecular weight excluding hydrogens is 355 g/mol. The SMILES string of the molecule is Cc1nn(-c2ccccc2)c(C)c1CNC(=O)Nc1ccc(F)c(Cl)c1. The van der Waals surface area contributed by atoms with Crippen LogP contribution < -0.4 is 10.6 Å². The van der Waals surface area contributed by atoms with Crippen LogP contribution in [0, 0.1) is 19.7 Å². The van der Waals surface area contributed by atoms with E-state index in [0.717, 1.165) is 22.6 Å². The normalized spacial score (nSPS) is 10.6. The molecule has 1 aromatic heterocycles. The van der Waals surface area contributed by atoms with Crippen LogP contribution >= 0.6 is 11.6 Å². The van der Waals surface area contributed by atoms with Crippen LogP contribution in [0.15, 0.2) is 48.5 Å². The van der Waals surface area contributed by atoms with E-state index in [1.807, 2.05) is 48.9 Å². The molecule has 0 fully saturated rings. The smallest absolute Gasteiger partial charge is 0.319 e. The molecule has 0 aliphatic heterocycles. The van der Waals surface area contributed by atoms with E-state index >= 15 is 0 Å². The number of nitrogens with zero attached hydrogens (tertiary/aromatic N) is 2. The van der Waals surface area contributed by atoms with E-state index < -0.39 is 11.8 Å². The van der Waals surface area contributed by atoms with Gasteiger partial charge in [0, 0.05) is 23.5 Å². The quantitative estimate of drug-likeness (QED) is 0.703. The average molecular weight is 373 g/mol. The van der Waals surface area contributed by atoms with Gasteiger partial charge < -0.3 is 10.6 Å². The monoisotopic (exact) mass is 372 g/mol. The molecule has 3 rings (SSSR count). The highest BCUT2D eigenvalue weighted by Crippen LogP contribution is 2.20. The number of aryl methyl sites for hydroxylation is 1. The number of halogens is 2. The maximum Gasteiger partial charge on any atom is 0.319 e. The van der Waals surface area contributed by atoms with Gasteiger partial charge in [0.15, 0.2) is 0 Å². The fourth-order valence-electron chi connectivity index (χ4n) is 2.67. The lowest BCUT2D eigenvalue weighted by Crippen LogP contribution is -2.28. The summed E-state index contributed by atoms with van der Waals surface area (Å²) >= 11 is 5.72. The van der Waals surface area contributed by atoms with Crippen molar-refractivity contribution in [2.45, 2.75) is 20.4 Å². The van der Waals surface area contributed by atoms with E-state index in [1.165, 1.54) is 18.2 Å². The highest BCUT2D eigenvalue weighted by Gasteiger charge is 2.14. The number of carbonyl (C=O) groups is 1. The molecule has 2 aromatic carbocycles. The van der Waals surface area contributed by atoms with Crippen LogP contribution in [0.25, 0.3) is 5.69 Å². The molecular formula is C19H18ClFN4O. The Bertz CT molecular complexity index is 940. The van der Waals surface area contributed by atoms with Crippen molar-refractivity contribution in [2.75, 3.05) is 5.32 Å². The number of carbonyl (C=O) groups excluding carboxylic acids is 1. The highest BCUT2D eigenvalue weighted by molar-refractivity contribution is 6.31. The molecule has 0 aliphatic carbocycles. The number of benzene rings is 2. The molecule has 0 saturated heterocycles. The summed E-state index contributed by atoms with van der Waals surface area (Å²) in [7, 11) is 0. The molecule has 0 bridgehead atoms. The molecule has 5 nitrogen and oxygen atoms in total. The minimum Gasteiger partial charge on any atom is -0.334 e. The Balaban J connectivity index is 1.69. The van der Waals surface area contributed by atoms with Gasteiger partial charge in [0.1, 0.15) is 5.82 Å². The number of rotatable bonds is 4. The molecule has 1 heterocycles. The first-order chi connectivity index (χ1) is 12.5. The summed E-state index contributed by atoms with van der Waals surface area (Å²) in [6, 6.07) is 13.4. The fraction of sp³-hybridized carbons (Fsp3) is 0.158. The van der Waals surface area contributed by atoms with E-state index in [0.29, 0.717) is 12.2 Å². The summed E-state index contributed by atoms with van der Waals surface area (Å²) in [5, 5.41) is 9.92. The van der Waals surface area contributed by atoms with Gasteiger partial charge in [-0.3, -0.25) is 0 Å². The molecule has 0 atom stereocenters. The summed E-state index contributed by atoms with van der Waals surface area (Å²) in [5.41, 5.74) is 4.13. The molecule has 0 aliphatic rings. The van der Waals surface area contributed by atoms with E-state index in [2.05, 4.69) is 15.7 Å². The first kappa shape index (κ1) is 17.9. The first-order valence-electron chi connectivity index (χ1n) is 8.06. The molecule has 26 heavy (non-hydrogen) atoms. The topological polar surface area (TPSA) is 59.0 Å². The summed E-state index contributed by atoms with van der Waals surface area (Å²) in [5.74, 6) is -0.530. The molecule has 3 aromatic rings. The Labute approximate surface area is 155 Å². The summed E-state index contributed by atoms with van der Waals surface area (Å²) in [6.07, 6.45) is 0. The fourth-order valence-corrected chi connectivity index (χ4v) is 2.85. The Morgan fingerprint density at radius 3 is 2.62 bits per heavy atom. The number of hydrogen-bond acceptors (Lipinski definition) is 2. The van der Waals surface area contributed by atoms with Crippen molar-refractivity contribution in [1.82, 2.24) is 15.1 Å². The van der Waals surface area contributed by atoms with Crippen molar-refractivity contribution in [1.29, 1.82) is 0 Å². The van der Waals surface area contributed by atoms with Gasteiger partial charge in [-0.1, -0.05) is 29.8 Å². The van der Waals surface area contributed by atoms with Gasteiger partial charge in [0.25, 0.3) is 0 Å². The third-order valence-electron chi connectivity index (χ3n) is 4.05.